The molecule has 1 fully saturated rings. The Hall–Kier alpha value is -1.01. The average Bonchev–Trinajstić information content (AvgIpc) is 2.56. The van der Waals surface area contributed by atoms with Crippen LogP contribution in [0.3, 0.4) is 0 Å². The highest BCUT2D eigenvalue weighted by atomic mass is 35.5. The topological polar surface area (TPSA) is 67.6 Å². The molecule has 1 amide bonds. The van der Waals surface area contributed by atoms with Gasteiger partial charge in [0.2, 0.25) is 5.91 Å². The molecule has 0 aromatic heterocycles. The zero-order valence-electron chi connectivity index (χ0n) is 15.8. The third-order valence-corrected chi connectivity index (χ3v) is 4.65. The third kappa shape index (κ3) is 8.58. The molecule has 2 unspecified atom stereocenters. The fourth-order valence-electron chi connectivity index (χ4n) is 3.26. The molecule has 1 aromatic carbocycles. The number of halogens is 2. The van der Waals surface area contributed by atoms with Gasteiger partial charge < -0.3 is 20.7 Å². The minimum absolute atomic E-state index is 0. The molecule has 26 heavy (non-hydrogen) atoms. The zero-order valence-corrected chi connectivity index (χ0v) is 17.4. The maximum absolute atomic E-state index is 12.3. The minimum Gasteiger partial charge on any atom is -0.399 e. The van der Waals surface area contributed by atoms with Crippen LogP contribution in [0.1, 0.15) is 32.3 Å². The molecule has 1 aromatic rings. The van der Waals surface area contributed by atoms with Crippen molar-refractivity contribution in [3.63, 3.8) is 0 Å². The number of carbonyl (C=O) groups excluding carboxylic acids is 1. The average molecular weight is 406 g/mol. The molecule has 0 spiro atoms. The van der Waals surface area contributed by atoms with Crippen molar-refractivity contribution < 1.29 is 9.53 Å². The van der Waals surface area contributed by atoms with Crippen molar-refractivity contribution in [2.75, 3.05) is 38.6 Å². The number of hydrogen-bond acceptors (Lipinski definition) is 4. The van der Waals surface area contributed by atoms with Crippen molar-refractivity contribution in [2.24, 2.45) is 5.92 Å². The lowest BCUT2D eigenvalue weighted by molar-refractivity contribution is -0.121. The number of rotatable bonds is 8. The first kappa shape index (κ1) is 25.0. The van der Waals surface area contributed by atoms with Gasteiger partial charge in [0.15, 0.2) is 0 Å². The Morgan fingerprint density at radius 1 is 1.31 bits per heavy atom. The summed E-state index contributed by atoms with van der Waals surface area (Å²) < 4.78 is 5.40. The van der Waals surface area contributed by atoms with Crippen molar-refractivity contribution in [2.45, 2.75) is 39.2 Å². The molecule has 1 aliphatic heterocycles. The maximum Gasteiger partial charge on any atom is 0.224 e. The van der Waals surface area contributed by atoms with Crippen molar-refractivity contribution in [3.8, 4) is 0 Å². The first-order chi connectivity index (χ1) is 11.6. The Morgan fingerprint density at radius 3 is 2.62 bits per heavy atom. The minimum atomic E-state index is 0. The Balaban J connectivity index is 0.00000312. The van der Waals surface area contributed by atoms with E-state index in [1.165, 1.54) is 0 Å². The van der Waals surface area contributed by atoms with Crippen LogP contribution in [-0.2, 0) is 16.0 Å². The van der Waals surface area contributed by atoms with Crippen LogP contribution in [0.5, 0.6) is 0 Å². The highest BCUT2D eigenvalue weighted by molar-refractivity contribution is 5.85. The largest absolute Gasteiger partial charge is 0.399 e. The van der Waals surface area contributed by atoms with Gasteiger partial charge in [0.05, 0.1) is 6.42 Å². The van der Waals surface area contributed by atoms with Crippen LogP contribution in [0, 0.1) is 5.92 Å². The number of anilines is 1. The molecule has 2 rings (SSSR count). The molecule has 0 radical (unpaired) electrons. The number of benzene rings is 1. The van der Waals surface area contributed by atoms with E-state index in [2.05, 4.69) is 17.1 Å². The molecular formula is C19H33Cl2N3O2. The normalized spacial score (nSPS) is 19.9. The third-order valence-electron chi connectivity index (χ3n) is 4.65. The van der Waals surface area contributed by atoms with Crippen LogP contribution in [0.25, 0.3) is 0 Å². The molecule has 1 saturated heterocycles. The molecule has 2 atom stereocenters. The van der Waals surface area contributed by atoms with E-state index in [-0.39, 0.29) is 36.8 Å². The van der Waals surface area contributed by atoms with Gasteiger partial charge in [-0.3, -0.25) is 4.79 Å². The second-order valence-corrected chi connectivity index (χ2v) is 6.71. The lowest BCUT2D eigenvalue weighted by Crippen LogP contribution is -2.50. The number of nitrogens with one attached hydrogen (secondary N) is 1. The van der Waals surface area contributed by atoms with Crippen LogP contribution >= 0.6 is 24.8 Å². The van der Waals surface area contributed by atoms with Gasteiger partial charge in [0, 0.05) is 44.6 Å². The number of likely N-dealkylation sites (tertiary alicyclic amines) is 1. The van der Waals surface area contributed by atoms with E-state index in [1.54, 1.807) is 0 Å². The van der Waals surface area contributed by atoms with Gasteiger partial charge >= 0.3 is 0 Å². The van der Waals surface area contributed by atoms with E-state index >= 15 is 0 Å². The second kappa shape index (κ2) is 13.2. The number of piperidine rings is 1. The van der Waals surface area contributed by atoms with Crippen molar-refractivity contribution in [3.05, 3.63) is 29.8 Å². The smallest absolute Gasteiger partial charge is 0.224 e. The molecule has 3 N–H and O–H groups in total. The number of nitrogen functional groups attached to an aromatic ring is 1. The van der Waals surface area contributed by atoms with Crippen molar-refractivity contribution in [1.82, 2.24) is 10.2 Å². The van der Waals surface area contributed by atoms with Crippen LogP contribution in [0.4, 0.5) is 5.69 Å². The standard InChI is InChI=1S/C19H31N3O2.2ClH/c1-3-24-12-4-10-22-11-9-18(15(2)14-22)21-19(23)13-16-5-7-17(20)8-6-16;;/h5-8,15,18H,3-4,9-14,20H2,1-2H3,(H,21,23);2*1H. The SMILES string of the molecule is CCOCCCN1CCC(NC(=O)Cc2ccc(N)cc2)C(C)C1.Cl.Cl. The molecule has 5 nitrogen and oxygen atoms in total. The number of hydrogen-bond donors (Lipinski definition) is 2. The molecule has 0 bridgehead atoms. The predicted octanol–water partition coefficient (Wildman–Crippen LogP) is 2.91. The van der Waals surface area contributed by atoms with Crippen LogP contribution < -0.4 is 11.1 Å². The highest BCUT2D eigenvalue weighted by Crippen LogP contribution is 2.17. The van der Waals surface area contributed by atoms with Crippen LogP contribution in [0.15, 0.2) is 24.3 Å². The second-order valence-electron chi connectivity index (χ2n) is 6.71. The van der Waals surface area contributed by atoms with Crippen molar-refractivity contribution >= 4 is 36.4 Å². The maximum atomic E-state index is 12.3. The Kier molecular flexibility index (Phi) is 12.7. The summed E-state index contributed by atoms with van der Waals surface area (Å²) in [6, 6.07) is 7.78. The summed E-state index contributed by atoms with van der Waals surface area (Å²) in [6.45, 7) is 9.05. The summed E-state index contributed by atoms with van der Waals surface area (Å²) in [4.78, 5) is 14.7. The Labute approximate surface area is 169 Å². The molecule has 7 heteroatoms. The summed E-state index contributed by atoms with van der Waals surface area (Å²) in [5, 5.41) is 3.21. The summed E-state index contributed by atoms with van der Waals surface area (Å²) >= 11 is 0. The summed E-state index contributed by atoms with van der Waals surface area (Å²) in [5.74, 6) is 0.572. The van der Waals surface area contributed by atoms with Gasteiger partial charge in [0.25, 0.3) is 0 Å². The van der Waals surface area contributed by atoms with Gasteiger partial charge in [-0.2, -0.15) is 0 Å². The number of ether oxygens (including phenoxy) is 1. The first-order valence-corrected chi connectivity index (χ1v) is 9.02. The van der Waals surface area contributed by atoms with Gasteiger partial charge in [0.1, 0.15) is 0 Å². The molecule has 0 aliphatic carbocycles. The lowest BCUT2D eigenvalue weighted by Gasteiger charge is -2.37. The van der Waals surface area contributed by atoms with Crippen LogP contribution in [0.2, 0.25) is 0 Å². The van der Waals surface area contributed by atoms with Gasteiger partial charge in [-0.1, -0.05) is 19.1 Å². The van der Waals surface area contributed by atoms with Gasteiger partial charge in [-0.25, -0.2) is 0 Å². The van der Waals surface area contributed by atoms with Crippen LogP contribution in [-0.4, -0.2) is 49.7 Å². The molecule has 1 heterocycles. The monoisotopic (exact) mass is 405 g/mol. The van der Waals surface area contributed by atoms with E-state index in [4.69, 9.17) is 10.5 Å². The Bertz CT molecular complexity index is 514. The molecular weight excluding hydrogens is 373 g/mol. The van der Waals surface area contributed by atoms with Gasteiger partial charge in [-0.15, -0.1) is 24.8 Å². The number of amides is 1. The highest BCUT2D eigenvalue weighted by Gasteiger charge is 2.26. The van der Waals surface area contributed by atoms with E-state index in [0.717, 1.165) is 56.9 Å². The summed E-state index contributed by atoms with van der Waals surface area (Å²) in [6.07, 6.45) is 2.51. The van der Waals surface area contributed by atoms with E-state index in [9.17, 15) is 4.79 Å². The molecule has 150 valence electrons. The summed E-state index contributed by atoms with van der Waals surface area (Å²) in [7, 11) is 0. The van der Waals surface area contributed by atoms with E-state index in [0.29, 0.717) is 12.3 Å². The molecule has 1 aliphatic rings. The van der Waals surface area contributed by atoms with Crippen molar-refractivity contribution in [1.29, 1.82) is 0 Å². The molecule has 0 saturated carbocycles. The first-order valence-electron chi connectivity index (χ1n) is 9.02. The van der Waals surface area contributed by atoms with E-state index in [1.807, 2.05) is 31.2 Å². The zero-order chi connectivity index (χ0) is 17.4. The van der Waals surface area contributed by atoms with Gasteiger partial charge in [-0.05, 0) is 43.4 Å². The number of carbonyl (C=O) groups is 1. The number of nitrogens with zero attached hydrogens (tertiary/aromatic N) is 1. The predicted molar refractivity (Wildman–Crippen MR) is 112 cm³/mol. The lowest BCUT2D eigenvalue weighted by atomic mass is 9.93. The fraction of sp³-hybridized carbons (Fsp3) is 0.632. The van der Waals surface area contributed by atoms with E-state index < -0.39 is 0 Å². The summed E-state index contributed by atoms with van der Waals surface area (Å²) in [5.41, 5.74) is 7.41. The fourth-order valence-corrected chi connectivity index (χ4v) is 3.26. The quantitative estimate of drug-likeness (QED) is 0.515. The number of nitrogens with two attached hydrogens (primary N) is 1. The Morgan fingerprint density at radius 2 is 2.00 bits per heavy atom.